The minimum Gasteiger partial charge on any atom is -0.488 e. The molecule has 0 aliphatic carbocycles. The van der Waals surface area contributed by atoms with Crippen LogP contribution >= 0.6 is 0 Å². The van der Waals surface area contributed by atoms with Crippen molar-refractivity contribution in [2.45, 2.75) is 39.7 Å². The average Bonchev–Trinajstić information content (AvgIpc) is 2.80. The van der Waals surface area contributed by atoms with Crippen LogP contribution < -0.4 is 4.74 Å². The molecule has 1 aliphatic heterocycles. The number of hydrogen-bond acceptors (Lipinski definition) is 4. The van der Waals surface area contributed by atoms with E-state index in [2.05, 4.69) is 30.9 Å². The van der Waals surface area contributed by atoms with Gasteiger partial charge in [-0.15, -0.1) is 0 Å². The first-order chi connectivity index (χ1) is 10.1. The Hall–Kier alpha value is -1.55. The number of ether oxygens (including phenoxy) is 2. The molecule has 4 nitrogen and oxygen atoms in total. The second-order valence-corrected chi connectivity index (χ2v) is 5.60. The molecule has 2 rings (SSSR count). The van der Waals surface area contributed by atoms with Crippen molar-refractivity contribution in [1.82, 2.24) is 4.90 Å². The Labute approximate surface area is 127 Å². The van der Waals surface area contributed by atoms with Gasteiger partial charge in [0.05, 0.1) is 13.2 Å². The molecular formula is C17H25NO3. The Kier molecular flexibility index (Phi) is 5.62. The lowest BCUT2D eigenvalue weighted by Gasteiger charge is -2.23. The van der Waals surface area contributed by atoms with Crippen molar-refractivity contribution in [3.05, 3.63) is 29.3 Å². The van der Waals surface area contributed by atoms with E-state index in [1.807, 2.05) is 13.0 Å². The lowest BCUT2D eigenvalue weighted by molar-refractivity contribution is -0.144. The number of esters is 1. The van der Waals surface area contributed by atoms with Crippen LogP contribution in [0, 0.1) is 6.92 Å². The lowest BCUT2D eigenvalue weighted by Crippen LogP contribution is -2.39. The summed E-state index contributed by atoms with van der Waals surface area (Å²) in [5, 5.41) is 0. The molecule has 0 spiro atoms. The van der Waals surface area contributed by atoms with Gasteiger partial charge in [0.15, 0.2) is 0 Å². The number of rotatable bonds is 7. The molecule has 21 heavy (non-hydrogen) atoms. The Balaban J connectivity index is 1.91. The van der Waals surface area contributed by atoms with Crippen molar-refractivity contribution in [1.29, 1.82) is 0 Å². The second kappa shape index (κ2) is 7.46. The van der Waals surface area contributed by atoms with Crippen molar-refractivity contribution >= 4 is 5.97 Å². The number of fused-ring (bicyclic) bond motifs is 1. The SMILES string of the molecule is CCCN(CC(=O)OCC)CC1Cc2cc(C)ccc2O1. The van der Waals surface area contributed by atoms with Crippen molar-refractivity contribution in [3.63, 3.8) is 0 Å². The first-order valence-electron chi connectivity index (χ1n) is 7.76. The van der Waals surface area contributed by atoms with Crippen molar-refractivity contribution in [3.8, 4) is 5.75 Å². The molecule has 116 valence electrons. The van der Waals surface area contributed by atoms with Crippen molar-refractivity contribution in [2.24, 2.45) is 0 Å². The third-order valence-corrected chi connectivity index (χ3v) is 3.62. The maximum atomic E-state index is 11.7. The highest BCUT2D eigenvalue weighted by Crippen LogP contribution is 2.29. The predicted molar refractivity (Wildman–Crippen MR) is 82.7 cm³/mol. The fourth-order valence-electron chi connectivity index (χ4n) is 2.78. The first-order valence-corrected chi connectivity index (χ1v) is 7.76. The van der Waals surface area contributed by atoms with Gasteiger partial charge in [0.1, 0.15) is 11.9 Å². The van der Waals surface area contributed by atoms with E-state index in [0.29, 0.717) is 13.2 Å². The van der Waals surface area contributed by atoms with Gasteiger partial charge in [-0.25, -0.2) is 0 Å². The molecule has 1 aromatic rings. The van der Waals surface area contributed by atoms with E-state index in [1.165, 1.54) is 11.1 Å². The van der Waals surface area contributed by atoms with Crippen LogP contribution in [0.3, 0.4) is 0 Å². The molecule has 1 aromatic carbocycles. The summed E-state index contributed by atoms with van der Waals surface area (Å²) in [4.78, 5) is 13.8. The summed E-state index contributed by atoms with van der Waals surface area (Å²) in [5.74, 6) is 0.829. The van der Waals surface area contributed by atoms with E-state index < -0.39 is 0 Å². The van der Waals surface area contributed by atoms with Gasteiger partial charge in [-0.05, 0) is 38.4 Å². The molecule has 0 N–H and O–H groups in total. The van der Waals surface area contributed by atoms with E-state index >= 15 is 0 Å². The molecule has 1 aliphatic rings. The van der Waals surface area contributed by atoms with Gasteiger partial charge in [-0.2, -0.15) is 0 Å². The van der Waals surface area contributed by atoms with E-state index in [9.17, 15) is 4.79 Å². The number of aryl methyl sites for hydroxylation is 1. The summed E-state index contributed by atoms with van der Waals surface area (Å²) in [6.45, 7) is 8.47. The van der Waals surface area contributed by atoms with E-state index in [-0.39, 0.29) is 12.1 Å². The summed E-state index contributed by atoms with van der Waals surface area (Å²) in [6.07, 6.45) is 2.06. The molecule has 1 heterocycles. The highest BCUT2D eigenvalue weighted by molar-refractivity contribution is 5.71. The van der Waals surface area contributed by atoms with Crippen LogP contribution in [0.15, 0.2) is 18.2 Å². The number of carbonyl (C=O) groups is 1. The molecule has 0 saturated carbocycles. The first kappa shape index (κ1) is 15.8. The van der Waals surface area contributed by atoms with Crippen molar-refractivity contribution in [2.75, 3.05) is 26.2 Å². The van der Waals surface area contributed by atoms with Crippen LogP contribution in [0.5, 0.6) is 5.75 Å². The zero-order valence-corrected chi connectivity index (χ0v) is 13.2. The summed E-state index contributed by atoms with van der Waals surface area (Å²) >= 11 is 0. The molecule has 4 heteroatoms. The van der Waals surface area contributed by atoms with E-state index in [0.717, 1.165) is 31.7 Å². The van der Waals surface area contributed by atoms with Gasteiger partial charge in [-0.3, -0.25) is 9.69 Å². The number of benzene rings is 1. The van der Waals surface area contributed by atoms with Crippen LogP contribution in [-0.2, 0) is 16.0 Å². The Morgan fingerprint density at radius 1 is 1.43 bits per heavy atom. The van der Waals surface area contributed by atoms with Crippen molar-refractivity contribution < 1.29 is 14.3 Å². The van der Waals surface area contributed by atoms with Crippen LogP contribution in [0.1, 0.15) is 31.4 Å². The van der Waals surface area contributed by atoms with Gasteiger partial charge in [0.25, 0.3) is 0 Å². The zero-order valence-electron chi connectivity index (χ0n) is 13.2. The van der Waals surface area contributed by atoms with Crippen LogP contribution in [0.2, 0.25) is 0 Å². The average molecular weight is 291 g/mol. The van der Waals surface area contributed by atoms with Crippen LogP contribution in [-0.4, -0.2) is 43.2 Å². The molecule has 1 atom stereocenters. The summed E-state index contributed by atoms with van der Waals surface area (Å²) in [5.41, 5.74) is 2.53. The normalized spacial score (nSPS) is 16.7. The molecule has 0 amide bonds. The Morgan fingerprint density at radius 2 is 2.24 bits per heavy atom. The molecular weight excluding hydrogens is 266 g/mol. The maximum Gasteiger partial charge on any atom is 0.320 e. The summed E-state index contributed by atoms with van der Waals surface area (Å²) in [6, 6.07) is 6.30. The molecule has 0 bridgehead atoms. The van der Waals surface area contributed by atoms with Gasteiger partial charge < -0.3 is 9.47 Å². The largest absolute Gasteiger partial charge is 0.488 e. The maximum absolute atomic E-state index is 11.7. The molecule has 0 fully saturated rings. The highest BCUT2D eigenvalue weighted by atomic mass is 16.5. The fourth-order valence-corrected chi connectivity index (χ4v) is 2.78. The standard InChI is InChI=1S/C17H25NO3/c1-4-8-18(12-17(19)20-5-2)11-15-10-14-9-13(3)6-7-16(14)21-15/h6-7,9,15H,4-5,8,10-12H2,1-3H3. The van der Waals surface area contributed by atoms with E-state index in [4.69, 9.17) is 9.47 Å². The topological polar surface area (TPSA) is 38.8 Å². The minimum absolute atomic E-state index is 0.128. The van der Waals surface area contributed by atoms with Gasteiger partial charge in [0.2, 0.25) is 0 Å². The molecule has 1 unspecified atom stereocenters. The summed E-state index contributed by atoms with van der Waals surface area (Å²) in [7, 11) is 0. The molecule has 0 aromatic heterocycles. The lowest BCUT2D eigenvalue weighted by atomic mass is 10.1. The number of nitrogens with zero attached hydrogens (tertiary/aromatic N) is 1. The van der Waals surface area contributed by atoms with E-state index in [1.54, 1.807) is 0 Å². The minimum atomic E-state index is -0.155. The molecule has 0 saturated heterocycles. The van der Waals surface area contributed by atoms with Gasteiger partial charge >= 0.3 is 5.97 Å². The third kappa shape index (κ3) is 4.46. The molecule has 0 radical (unpaired) electrons. The smallest absolute Gasteiger partial charge is 0.320 e. The Bertz CT molecular complexity index is 487. The highest BCUT2D eigenvalue weighted by Gasteiger charge is 2.25. The zero-order chi connectivity index (χ0) is 15.2. The van der Waals surface area contributed by atoms with Gasteiger partial charge in [0, 0.05) is 13.0 Å². The van der Waals surface area contributed by atoms with Gasteiger partial charge in [-0.1, -0.05) is 24.6 Å². The second-order valence-electron chi connectivity index (χ2n) is 5.60. The third-order valence-electron chi connectivity index (χ3n) is 3.62. The fraction of sp³-hybridized carbons (Fsp3) is 0.588. The number of hydrogen-bond donors (Lipinski definition) is 0. The summed E-state index contributed by atoms with van der Waals surface area (Å²) < 4.78 is 11.0. The number of carbonyl (C=O) groups excluding carboxylic acids is 1. The van der Waals surface area contributed by atoms with Crippen LogP contribution in [0.4, 0.5) is 0 Å². The quantitative estimate of drug-likeness (QED) is 0.724. The monoisotopic (exact) mass is 291 g/mol. The van der Waals surface area contributed by atoms with Crippen LogP contribution in [0.25, 0.3) is 0 Å². The predicted octanol–water partition coefficient (Wildman–Crippen LogP) is 2.57. The Morgan fingerprint density at radius 3 is 2.95 bits per heavy atom.